The highest BCUT2D eigenvalue weighted by atomic mass is 16.6. The average Bonchev–Trinajstić information content (AvgIpc) is 2.71. The van der Waals surface area contributed by atoms with Gasteiger partial charge in [0.25, 0.3) is 0 Å². The van der Waals surface area contributed by atoms with E-state index in [1.165, 1.54) is 0 Å². The summed E-state index contributed by atoms with van der Waals surface area (Å²) in [5.41, 5.74) is 1.94. The van der Waals surface area contributed by atoms with Gasteiger partial charge < -0.3 is 29.5 Å². The minimum Gasteiger partial charge on any atom is -0.394 e. The molecule has 27 heavy (non-hydrogen) atoms. The quantitative estimate of drug-likeness (QED) is 0.645. The van der Waals surface area contributed by atoms with E-state index in [2.05, 4.69) is 0 Å². The zero-order valence-electron chi connectivity index (χ0n) is 15.1. The van der Waals surface area contributed by atoms with Crippen molar-refractivity contribution in [1.29, 1.82) is 0 Å². The first kappa shape index (κ1) is 19.9. The van der Waals surface area contributed by atoms with Gasteiger partial charge in [0.15, 0.2) is 0 Å². The number of rotatable bonds is 8. The van der Waals surface area contributed by atoms with Gasteiger partial charge in [0.1, 0.15) is 30.5 Å². The maximum absolute atomic E-state index is 10.6. The fraction of sp³-hybridized carbons (Fsp3) is 0.429. The number of benzene rings is 2. The molecule has 1 aliphatic rings. The first-order valence-electron chi connectivity index (χ1n) is 9.08. The Balaban J connectivity index is 1.58. The molecule has 6 heteroatoms. The third-order valence-corrected chi connectivity index (χ3v) is 4.64. The van der Waals surface area contributed by atoms with Gasteiger partial charge in [-0.15, -0.1) is 0 Å². The maximum Gasteiger partial charge on any atom is 0.115 e. The van der Waals surface area contributed by atoms with Crippen LogP contribution in [-0.2, 0) is 27.4 Å². The molecule has 1 fully saturated rings. The van der Waals surface area contributed by atoms with Crippen LogP contribution in [0.25, 0.3) is 0 Å². The molecule has 3 N–H and O–H groups in total. The van der Waals surface area contributed by atoms with Gasteiger partial charge in [-0.1, -0.05) is 60.7 Å². The fourth-order valence-corrected chi connectivity index (χ4v) is 3.13. The van der Waals surface area contributed by atoms with E-state index < -0.39 is 30.5 Å². The van der Waals surface area contributed by atoms with E-state index in [4.69, 9.17) is 14.2 Å². The molecule has 0 spiro atoms. The molecule has 1 saturated heterocycles. The number of hydrogen-bond acceptors (Lipinski definition) is 6. The second-order valence-corrected chi connectivity index (χ2v) is 6.64. The van der Waals surface area contributed by atoms with Crippen molar-refractivity contribution in [2.24, 2.45) is 0 Å². The molecule has 2 aromatic rings. The third-order valence-electron chi connectivity index (χ3n) is 4.64. The van der Waals surface area contributed by atoms with Gasteiger partial charge in [-0.2, -0.15) is 0 Å². The Bertz CT molecular complexity index is 665. The molecule has 5 atom stereocenters. The lowest BCUT2D eigenvalue weighted by atomic mass is 9.95. The zero-order valence-corrected chi connectivity index (χ0v) is 15.1. The lowest BCUT2D eigenvalue weighted by Gasteiger charge is -2.42. The van der Waals surface area contributed by atoms with Gasteiger partial charge in [-0.05, 0) is 11.1 Å². The summed E-state index contributed by atoms with van der Waals surface area (Å²) < 4.78 is 17.1. The van der Waals surface area contributed by atoms with Gasteiger partial charge in [0.2, 0.25) is 0 Å². The van der Waals surface area contributed by atoms with E-state index in [0.717, 1.165) is 11.1 Å². The van der Waals surface area contributed by atoms with E-state index in [0.29, 0.717) is 6.61 Å². The van der Waals surface area contributed by atoms with Crippen molar-refractivity contribution < 1.29 is 29.5 Å². The van der Waals surface area contributed by atoms with E-state index in [1.807, 2.05) is 60.7 Å². The molecule has 0 amide bonds. The minimum atomic E-state index is -1.13. The van der Waals surface area contributed by atoms with Gasteiger partial charge in [-0.3, -0.25) is 0 Å². The topological polar surface area (TPSA) is 88.4 Å². The van der Waals surface area contributed by atoms with Gasteiger partial charge in [-0.25, -0.2) is 0 Å². The lowest BCUT2D eigenvalue weighted by Crippen LogP contribution is -2.60. The molecule has 2 aromatic carbocycles. The molecule has 0 aromatic heterocycles. The van der Waals surface area contributed by atoms with Gasteiger partial charge in [0, 0.05) is 0 Å². The van der Waals surface area contributed by atoms with Crippen LogP contribution in [0.1, 0.15) is 11.1 Å². The predicted octanol–water partition coefficient (Wildman–Crippen LogP) is 1.27. The molecule has 3 unspecified atom stereocenters. The Kier molecular flexibility index (Phi) is 7.34. The molecule has 1 heterocycles. The second-order valence-electron chi connectivity index (χ2n) is 6.64. The van der Waals surface area contributed by atoms with Crippen molar-refractivity contribution >= 4 is 0 Å². The first-order chi connectivity index (χ1) is 13.2. The Hall–Kier alpha value is -1.80. The van der Waals surface area contributed by atoms with Crippen molar-refractivity contribution in [2.45, 2.75) is 43.7 Å². The van der Waals surface area contributed by atoms with Crippen LogP contribution in [0.5, 0.6) is 0 Å². The largest absolute Gasteiger partial charge is 0.394 e. The summed E-state index contributed by atoms with van der Waals surface area (Å²) in [6, 6.07) is 19.2. The summed E-state index contributed by atoms with van der Waals surface area (Å²) in [4.78, 5) is 0. The van der Waals surface area contributed by atoms with Crippen molar-refractivity contribution in [3.8, 4) is 0 Å². The molecule has 0 bridgehead atoms. The van der Waals surface area contributed by atoms with Crippen LogP contribution in [0, 0.1) is 0 Å². The monoisotopic (exact) mass is 374 g/mol. The third kappa shape index (κ3) is 5.35. The van der Waals surface area contributed by atoms with Crippen LogP contribution in [0.15, 0.2) is 60.7 Å². The second kappa shape index (κ2) is 9.94. The normalized spacial score (nSPS) is 28.2. The van der Waals surface area contributed by atoms with Crippen LogP contribution in [0.2, 0.25) is 0 Å². The van der Waals surface area contributed by atoms with E-state index in [-0.39, 0.29) is 19.8 Å². The summed E-state index contributed by atoms with van der Waals surface area (Å²) in [7, 11) is 0. The molecule has 0 radical (unpaired) electrons. The number of ether oxygens (including phenoxy) is 3. The van der Waals surface area contributed by atoms with Crippen molar-refractivity contribution in [2.75, 3.05) is 13.2 Å². The molecule has 3 rings (SSSR count). The van der Waals surface area contributed by atoms with Crippen molar-refractivity contribution in [3.63, 3.8) is 0 Å². The smallest absolute Gasteiger partial charge is 0.115 e. The minimum absolute atomic E-state index is 0.129. The molecule has 0 aliphatic carbocycles. The summed E-state index contributed by atoms with van der Waals surface area (Å²) >= 11 is 0. The predicted molar refractivity (Wildman–Crippen MR) is 98.9 cm³/mol. The van der Waals surface area contributed by atoms with Crippen LogP contribution < -0.4 is 0 Å². The molecule has 0 saturated carbocycles. The van der Waals surface area contributed by atoms with E-state index >= 15 is 0 Å². The summed E-state index contributed by atoms with van der Waals surface area (Å²) in [6.45, 7) is 0.392. The van der Waals surface area contributed by atoms with Gasteiger partial charge in [0.05, 0.1) is 26.4 Å². The Morgan fingerprint density at radius 3 is 1.93 bits per heavy atom. The van der Waals surface area contributed by atoms with Crippen LogP contribution in [-0.4, -0.2) is 59.1 Å². The average molecular weight is 374 g/mol. The number of aliphatic hydroxyl groups is 3. The van der Waals surface area contributed by atoms with Crippen LogP contribution >= 0.6 is 0 Å². The van der Waals surface area contributed by atoms with E-state index in [9.17, 15) is 15.3 Å². The SMILES string of the molecule is OC[C@@H]1O[C@H](COCc2ccccc2)C(O)C(OCc2ccccc2)C1O. The summed E-state index contributed by atoms with van der Waals surface area (Å²) in [6.07, 6.45) is -4.60. The molecule has 146 valence electrons. The lowest BCUT2D eigenvalue weighted by molar-refractivity contribution is -0.253. The zero-order chi connectivity index (χ0) is 19.1. The highest BCUT2D eigenvalue weighted by Gasteiger charge is 2.45. The molecular weight excluding hydrogens is 348 g/mol. The Morgan fingerprint density at radius 1 is 0.778 bits per heavy atom. The highest BCUT2D eigenvalue weighted by molar-refractivity contribution is 5.14. The number of aliphatic hydroxyl groups excluding tert-OH is 3. The Morgan fingerprint density at radius 2 is 1.33 bits per heavy atom. The fourth-order valence-electron chi connectivity index (χ4n) is 3.13. The molecule has 1 aliphatic heterocycles. The standard InChI is InChI=1S/C21H26O6/c22-11-17-19(23)21(26-13-16-9-5-2-6-10-16)20(24)18(27-17)14-25-12-15-7-3-1-4-8-15/h1-10,17-24H,11-14H2/t17-,18+,19?,20?,21?/m0/s1. The molecule has 6 nitrogen and oxygen atoms in total. The van der Waals surface area contributed by atoms with Crippen molar-refractivity contribution in [3.05, 3.63) is 71.8 Å². The van der Waals surface area contributed by atoms with Gasteiger partial charge >= 0.3 is 0 Å². The van der Waals surface area contributed by atoms with Crippen LogP contribution in [0.4, 0.5) is 0 Å². The maximum atomic E-state index is 10.6. The summed E-state index contributed by atoms with van der Waals surface area (Å²) in [5, 5.41) is 30.5. The first-order valence-corrected chi connectivity index (χ1v) is 9.08. The highest BCUT2D eigenvalue weighted by Crippen LogP contribution is 2.25. The molecular formula is C21H26O6. The van der Waals surface area contributed by atoms with Crippen LogP contribution in [0.3, 0.4) is 0 Å². The van der Waals surface area contributed by atoms with E-state index in [1.54, 1.807) is 0 Å². The number of hydrogen-bond donors (Lipinski definition) is 3. The Labute approximate surface area is 158 Å². The summed E-state index contributed by atoms with van der Waals surface area (Å²) in [5.74, 6) is 0. The van der Waals surface area contributed by atoms with Crippen molar-refractivity contribution in [1.82, 2.24) is 0 Å².